The first-order chi connectivity index (χ1) is 8.81. The zero-order chi connectivity index (χ0) is 12.4. The molecule has 0 aromatic rings. The molecule has 0 spiro atoms. The third-order valence-electron chi connectivity index (χ3n) is 6.16. The molecular formula is C17H31N. The van der Waals surface area contributed by atoms with Gasteiger partial charge in [-0.1, -0.05) is 38.5 Å². The molecule has 18 heavy (non-hydrogen) atoms. The van der Waals surface area contributed by atoms with Gasteiger partial charge in [0.1, 0.15) is 0 Å². The molecule has 4 atom stereocenters. The van der Waals surface area contributed by atoms with E-state index in [0.717, 1.165) is 23.7 Å². The molecular weight excluding hydrogens is 218 g/mol. The first-order valence-corrected chi connectivity index (χ1v) is 8.57. The number of hydrogen-bond donors (Lipinski definition) is 1. The molecule has 0 saturated heterocycles. The lowest BCUT2D eigenvalue weighted by atomic mass is 9.81. The summed E-state index contributed by atoms with van der Waals surface area (Å²) in [5.41, 5.74) is 6.40. The summed E-state index contributed by atoms with van der Waals surface area (Å²) in [7, 11) is 0. The lowest BCUT2D eigenvalue weighted by molar-refractivity contribution is 0.272. The van der Waals surface area contributed by atoms with Crippen LogP contribution in [-0.2, 0) is 0 Å². The van der Waals surface area contributed by atoms with Crippen molar-refractivity contribution in [1.82, 2.24) is 0 Å². The molecule has 2 bridgehead atoms. The molecule has 3 fully saturated rings. The third-order valence-corrected chi connectivity index (χ3v) is 6.16. The minimum absolute atomic E-state index is 0.510. The summed E-state index contributed by atoms with van der Waals surface area (Å²) < 4.78 is 0. The van der Waals surface area contributed by atoms with Crippen LogP contribution in [0.2, 0.25) is 0 Å². The van der Waals surface area contributed by atoms with Crippen LogP contribution < -0.4 is 5.73 Å². The Kier molecular flexibility index (Phi) is 4.28. The Morgan fingerprint density at radius 3 is 2.44 bits per heavy atom. The van der Waals surface area contributed by atoms with E-state index >= 15 is 0 Å². The molecule has 0 aromatic heterocycles. The molecule has 0 aliphatic heterocycles. The van der Waals surface area contributed by atoms with Gasteiger partial charge in [-0.3, -0.25) is 0 Å². The maximum Gasteiger partial charge on any atom is 0.00416 e. The minimum atomic E-state index is 0.510. The molecule has 0 amide bonds. The van der Waals surface area contributed by atoms with Crippen molar-refractivity contribution in [1.29, 1.82) is 0 Å². The number of hydrogen-bond acceptors (Lipinski definition) is 1. The van der Waals surface area contributed by atoms with Gasteiger partial charge in [0.05, 0.1) is 0 Å². The first kappa shape index (κ1) is 13.0. The molecule has 3 aliphatic rings. The second kappa shape index (κ2) is 5.94. The van der Waals surface area contributed by atoms with Crippen LogP contribution in [-0.4, -0.2) is 6.04 Å². The fraction of sp³-hybridized carbons (Fsp3) is 1.00. The summed E-state index contributed by atoms with van der Waals surface area (Å²) >= 11 is 0. The molecule has 0 aromatic carbocycles. The Hall–Kier alpha value is -0.0400. The smallest absolute Gasteiger partial charge is 0.00416 e. The van der Waals surface area contributed by atoms with E-state index in [1.54, 1.807) is 6.42 Å². The molecule has 4 unspecified atom stereocenters. The molecule has 3 saturated carbocycles. The number of fused-ring (bicyclic) bond motifs is 2. The fourth-order valence-electron chi connectivity index (χ4n) is 5.10. The second-order valence-electron chi connectivity index (χ2n) is 7.51. The van der Waals surface area contributed by atoms with Crippen LogP contribution >= 0.6 is 0 Å². The van der Waals surface area contributed by atoms with Gasteiger partial charge in [0, 0.05) is 6.04 Å². The second-order valence-corrected chi connectivity index (χ2v) is 7.51. The third kappa shape index (κ3) is 3.10. The highest BCUT2D eigenvalue weighted by Gasteiger charge is 2.39. The molecule has 1 nitrogen and oxygen atoms in total. The average molecular weight is 249 g/mol. The zero-order valence-electron chi connectivity index (χ0n) is 11.9. The van der Waals surface area contributed by atoms with Crippen molar-refractivity contribution in [3.8, 4) is 0 Å². The predicted octanol–water partition coefficient (Wildman–Crippen LogP) is 4.50. The van der Waals surface area contributed by atoms with E-state index in [4.69, 9.17) is 5.73 Å². The number of nitrogens with two attached hydrogens (primary N) is 1. The Morgan fingerprint density at radius 1 is 0.944 bits per heavy atom. The molecule has 104 valence electrons. The highest BCUT2D eigenvalue weighted by atomic mass is 14.6. The molecule has 1 heteroatoms. The quantitative estimate of drug-likeness (QED) is 0.762. The molecule has 3 rings (SSSR count). The summed E-state index contributed by atoms with van der Waals surface area (Å²) in [5.74, 6) is 4.18. The van der Waals surface area contributed by atoms with Crippen LogP contribution in [0.4, 0.5) is 0 Å². The van der Waals surface area contributed by atoms with E-state index in [2.05, 4.69) is 0 Å². The van der Waals surface area contributed by atoms with Crippen LogP contribution in [0, 0.1) is 23.7 Å². The van der Waals surface area contributed by atoms with Crippen molar-refractivity contribution >= 4 is 0 Å². The van der Waals surface area contributed by atoms with Crippen LogP contribution in [0.5, 0.6) is 0 Å². The Morgan fingerprint density at radius 2 is 1.78 bits per heavy atom. The van der Waals surface area contributed by atoms with Crippen LogP contribution in [0.15, 0.2) is 0 Å². The van der Waals surface area contributed by atoms with Crippen molar-refractivity contribution in [2.45, 2.75) is 83.1 Å². The number of rotatable bonds is 5. The Labute approximate surface area is 113 Å². The van der Waals surface area contributed by atoms with E-state index in [0.29, 0.717) is 6.04 Å². The fourth-order valence-corrected chi connectivity index (χ4v) is 5.10. The normalized spacial score (nSPS) is 38.2. The molecule has 2 N–H and O–H groups in total. The maximum atomic E-state index is 6.40. The van der Waals surface area contributed by atoms with Gasteiger partial charge >= 0.3 is 0 Å². The van der Waals surface area contributed by atoms with Crippen molar-refractivity contribution in [3.63, 3.8) is 0 Å². The average Bonchev–Trinajstić information content (AvgIpc) is 3.00. The van der Waals surface area contributed by atoms with Gasteiger partial charge in [0.25, 0.3) is 0 Å². The molecule has 0 heterocycles. The minimum Gasteiger partial charge on any atom is -0.328 e. The molecule has 3 aliphatic carbocycles. The van der Waals surface area contributed by atoms with Gasteiger partial charge in [-0.15, -0.1) is 0 Å². The largest absolute Gasteiger partial charge is 0.328 e. The van der Waals surface area contributed by atoms with Crippen molar-refractivity contribution < 1.29 is 0 Å². The highest BCUT2D eigenvalue weighted by molar-refractivity contribution is 4.91. The standard InChI is InChI=1S/C17H31N/c18-17(9-7-13-4-2-1-3-5-13)12-16-11-14-6-8-15(16)10-14/h13-17H,1-12,18H2. The SMILES string of the molecule is NC(CCC1CCCCC1)CC1CC2CCC1C2. The summed E-state index contributed by atoms with van der Waals surface area (Å²) in [6.45, 7) is 0. The van der Waals surface area contributed by atoms with Crippen molar-refractivity contribution in [2.75, 3.05) is 0 Å². The van der Waals surface area contributed by atoms with E-state index < -0.39 is 0 Å². The Bertz CT molecular complexity index is 256. The molecule has 0 radical (unpaired) electrons. The summed E-state index contributed by atoms with van der Waals surface area (Å²) in [6, 6.07) is 0.510. The maximum absolute atomic E-state index is 6.40. The van der Waals surface area contributed by atoms with E-state index in [-0.39, 0.29) is 0 Å². The monoisotopic (exact) mass is 249 g/mol. The van der Waals surface area contributed by atoms with E-state index in [1.807, 2.05) is 0 Å². The topological polar surface area (TPSA) is 26.0 Å². The van der Waals surface area contributed by atoms with Crippen molar-refractivity contribution in [3.05, 3.63) is 0 Å². The van der Waals surface area contributed by atoms with Crippen LogP contribution in [0.25, 0.3) is 0 Å². The lowest BCUT2D eigenvalue weighted by Gasteiger charge is -2.27. The summed E-state index contributed by atoms with van der Waals surface area (Å²) in [4.78, 5) is 0. The van der Waals surface area contributed by atoms with E-state index in [1.165, 1.54) is 70.6 Å². The van der Waals surface area contributed by atoms with Crippen LogP contribution in [0.3, 0.4) is 0 Å². The van der Waals surface area contributed by atoms with Crippen LogP contribution in [0.1, 0.15) is 77.0 Å². The first-order valence-electron chi connectivity index (χ1n) is 8.57. The zero-order valence-corrected chi connectivity index (χ0v) is 11.9. The lowest BCUT2D eigenvalue weighted by Crippen LogP contribution is -2.27. The highest BCUT2D eigenvalue weighted by Crippen LogP contribution is 2.50. The predicted molar refractivity (Wildman–Crippen MR) is 77.3 cm³/mol. The summed E-state index contributed by atoms with van der Waals surface area (Å²) in [5, 5.41) is 0. The van der Waals surface area contributed by atoms with Gasteiger partial charge in [-0.25, -0.2) is 0 Å². The van der Waals surface area contributed by atoms with Gasteiger partial charge < -0.3 is 5.73 Å². The Balaban J connectivity index is 1.35. The van der Waals surface area contributed by atoms with Gasteiger partial charge in [0.2, 0.25) is 0 Å². The van der Waals surface area contributed by atoms with Gasteiger partial charge in [-0.05, 0) is 62.2 Å². The van der Waals surface area contributed by atoms with Crippen molar-refractivity contribution in [2.24, 2.45) is 29.4 Å². The van der Waals surface area contributed by atoms with Gasteiger partial charge in [0.15, 0.2) is 0 Å². The van der Waals surface area contributed by atoms with Gasteiger partial charge in [-0.2, -0.15) is 0 Å². The van der Waals surface area contributed by atoms with E-state index in [9.17, 15) is 0 Å². The summed E-state index contributed by atoms with van der Waals surface area (Å²) in [6.07, 6.45) is 17.6.